The Kier molecular flexibility index (Phi) is 5.79. The molecule has 0 atom stereocenters. The van der Waals surface area contributed by atoms with Crippen LogP contribution < -0.4 is 0 Å². The van der Waals surface area contributed by atoms with Gasteiger partial charge in [-0.3, -0.25) is 4.98 Å². The number of hydrogen-bond donors (Lipinski definition) is 0. The highest BCUT2D eigenvalue weighted by Gasteiger charge is 2.17. The molecule has 0 fully saturated rings. The Balaban J connectivity index is 1.71. The van der Waals surface area contributed by atoms with Crippen LogP contribution in [0.5, 0.6) is 0 Å². The van der Waals surface area contributed by atoms with Crippen molar-refractivity contribution in [3.05, 3.63) is 95.7 Å². The van der Waals surface area contributed by atoms with Gasteiger partial charge in [-0.25, -0.2) is 0 Å². The summed E-state index contributed by atoms with van der Waals surface area (Å²) in [6.07, 6.45) is 1.94. The van der Waals surface area contributed by atoms with Crippen LogP contribution in [-0.4, -0.2) is 9.55 Å². The van der Waals surface area contributed by atoms with Crippen molar-refractivity contribution in [1.29, 1.82) is 0 Å². The summed E-state index contributed by atoms with van der Waals surface area (Å²) in [5.74, 6) is 0.990. The number of aromatic nitrogens is 2. The Morgan fingerprint density at radius 3 is 1.69 bits per heavy atom. The predicted octanol–water partition coefficient (Wildman–Crippen LogP) is 9.39. The molecule has 0 spiro atoms. The molecule has 0 bridgehead atoms. The maximum absolute atomic E-state index is 4.73. The Bertz CT molecular complexity index is 1440. The first-order chi connectivity index (χ1) is 16.6. The van der Waals surface area contributed by atoms with E-state index in [9.17, 15) is 0 Å². The van der Waals surface area contributed by atoms with Crippen LogP contribution in [0.4, 0.5) is 0 Å². The van der Waals surface area contributed by atoms with Crippen molar-refractivity contribution in [1.82, 2.24) is 9.55 Å². The smallest absolute Gasteiger partial charge is 0.0722 e. The van der Waals surface area contributed by atoms with E-state index in [2.05, 4.69) is 126 Å². The molecule has 0 aliphatic heterocycles. The molecule has 3 aromatic carbocycles. The van der Waals surface area contributed by atoms with Gasteiger partial charge in [-0.2, -0.15) is 0 Å². The Labute approximate surface area is 209 Å². The molecule has 2 nitrogen and oxygen atoms in total. The average molecular weight is 461 g/mol. The Hall–Kier alpha value is -3.39. The lowest BCUT2D eigenvalue weighted by Gasteiger charge is -2.19. The van der Waals surface area contributed by atoms with E-state index in [1.807, 2.05) is 6.20 Å². The minimum absolute atomic E-state index is 0.139. The van der Waals surface area contributed by atoms with Gasteiger partial charge in [-0.15, -0.1) is 0 Å². The van der Waals surface area contributed by atoms with Crippen LogP contribution in [0.25, 0.3) is 38.8 Å². The van der Waals surface area contributed by atoms with Crippen molar-refractivity contribution in [2.24, 2.45) is 0 Å². The zero-order chi connectivity index (χ0) is 24.9. The number of nitrogens with zero attached hydrogens (tertiary/aromatic N) is 2. The van der Waals surface area contributed by atoms with Gasteiger partial charge < -0.3 is 4.57 Å². The fourth-order valence-corrected chi connectivity index (χ4v) is 4.91. The lowest BCUT2D eigenvalue weighted by Crippen LogP contribution is -2.10. The summed E-state index contributed by atoms with van der Waals surface area (Å²) in [4.78, 5) is 4.73. The highest BCUT2D eigenvalue weighted by Crippen LogP contribution is 2.36. The quantitative estimate of drug-likeness (QED) is 0.261. The lowest BCUT2D eigenvalue weighted by molar-refractivity contribution is 0.590. The van der Waals surface area contributed by atoms with Crippen LogP contribution in [0.1, 0.15) is 77.0 Å². The fraction of sp³-hybridized carbons (Fsp3) is 0.303. The maximum Gasteiger partial charge on any atom is 0.0722 e. The van der Waals surface area contributed by atoms with Crippen LogP contribution in [0.3, 0.4) is 0 Å². The SMILES string of the molecule is CC(C)c1ccc2c(c1)c1cc(C(C)C)ccc1n2-c1ccnc(-c2ccc(C(C)(C)C)cc2)c1. The van der Waals surface area contributed by atoms with Crippen molar-refractivity contribution >= 4 is 21.8 Å². The first kappa shape index (κ1) is 23.4. The molecule has 0 saturated heterocycles. The van der Waals surface area contributed by atoms with E-state index < -0.39 is 0 Å². The van der Waals surface area contributed by atoms with Crippen molar-refractivity contribution in [2.75, 3.05) is 0 Å². The second kappa shape index (κ2) is 8.68. The van der Waals surface area contributed by atoms with E-state index in [-0.39, 0.29) is 5.41 Å². The molecule has 0 radical (unpaired) electrons. The van der Waals surface area contributed by atoms with Crippen LogP contribution in [-0.2, 0) is 5.41 Å². The normalized spacial score (nSPS) is 12.4. The zero-order valence-corrected chi connectivity index (χ0v) is 22.1. The average Bonchev–Trinajstić information content (AvgIpc) is 3.16. The Morgan fingerprint density at radius 2 is 1.20 bits per heavy atom. The third-order valence-electron chi connectivity index (χ3n) is 7.19. The number of benzene rings is 3. The summed E-state index contributed by atoms with van der Waals surface area (Å²) < 4.78 is 2.40. The predicted molar refractivity (Wildman–Crippen MR) is 151 cm³/mol. The molecular weight excluding hydrogens is 424 g/mol. The molecule has 35 heavy (non-hydrogen) atoms. The second-order valence-electron chi connectivity index (χ2n) is 11.4. The fourth-order valence-electron chi connectivity index (χ4n) is 4.91. The van der Waals surface area contributed by atoms with Gasteiger partial charge in [0.25, 0.3) is 0 Å². The molecule has 5 rings (SSSR count). The van der Waals surface area contributed by atoms with E-state index in [0.29, 0.717) is 11.8 Å². The molecule has 0 aliphatic carbocycles. The van der Waals surface area contributed by atoms with E-state index in [4.69, 9.17) is 4.98 Å². The number of rotatable bonds is 4. The van der Waals surface area contributed by atoms with Crippen LogP contribution in [0.2, 0.25) is 0 Å². The van der Waals surface area contributed by atoms with Gasteiger partial charge >= 0.3 is 0 Å². The van der Waals surface area contributed by atoms with Crippen LogP contribution in [0, 0.1) is 0 Å². The molecule has 178 valence electrons. The summed E-state index contributed by atoms with van der Waals surface area (Å²) in [6.45, 7) is 15.8. The van der Waals surface area contributed by atoms with Gasteiger partial charge in [0.1, 0.15) is 0 Å². The van der Waals surface area contributed by atoms with Crippen molar-refractivity contribution in [3.63, 3.8) is 0 Å². The number of pyridine rings is 1. The van der Waals surface area contributed by atoms with Crippen LogP contribution >= 0.6 is 0 Å². The van der Waals surface area contributed by atoms with E-state index in [1.165, 1.54) is 38.5 Å². The molecule has 0 N–H and O–H groups in total. The molecule has 5 aromatic rings. The topological polar surface area (TPSA) is 17.8 Å². The van der Waals surface area contributed by atoms with E-state index >= 15 is 0 Å². The van der Waals surface area contributed by atoms with Crippen molar-refractivity contribution < 1.29 is 0 Å². The summed E-state index contributed by atoms with van der Waals surface area (Å²) in [5, 5.41) is 2.64. The van der Waals surface area contributed by atoms with E-state index in [1.54, 1.807) is 0 Å². The van der Waals surface area contributed by atoms with Crippen molar-refractivity contribution in [2.45, 2.75) is 65.7 Å². The lowest BCUT2D eigenvalue weighted by atomic mass is 9.86. The van der Waals surface area contributed by atoms with Crippen molar-refractivity contribution in [3.8, 4) is 16.9 Å². The van der Waals surface area contributed by atoms with Crippen LogP contribution in [0.15, 0.2) is 79.0 Å². The Morgan fingerprint density at radius 1 is 0.657 bits per heavy atom. The largest absolute Gasteiger partial charge is 0.309 e. The van der Waals surface area contributed by atoms with Gasteiger partial charge in [0, 0.05) is 28.2 Å². The highest BCUT2D eigenvalue weighted by molar-refractivity contribution is 6.09. The minimum Gasteiger partial charge on any atom is -0.309 e. The third kappa shape index (κ3) is 4.27. The molecule has 0 aliphatic rings. The molecule has 2 aromatic heterocycles. The van der Waals surface area contributed by atoms with Gasteiger partial charge in [-0.1, -0.05) is 84.9 Å². The summed E-state index contributed by atoms with van der Waals surface area (Å²) >= 11 is 0. The van der Waals surface area contributed by atoms with Gasteiger partial charge in [0.15, 0.2) is 0 Å². The number of fused-ring (bicyclic) bond motifs is 3. The van der Waals surface area contributed by atoms with Gasteiger partial charge in [0.2, 0.25) is 0 Å². The summed E-state index contributed by atoms with van der Waals surface area (Å²) in [7, 11) is 0. The maximum atomic E-state index is 4.73. The molecule has 2 heterocycles. The number of hydrogen-bond acceptors (Lipinski definition) is 1. The minimum atomic E-state index is 0.139. The monoisotopic (exact) mass is 460 g/mol. The molecular formula is C33H36N2. The summed E-state index contributed by atoms with van der Waals surface area (Å²) in [5.41, 5.74) is 9.99. The molecule has 2 heteroatoms. The zero-order valence-electron chi connectivity index (χ0n) is 22.1. The standard InChI is InChI=1S/C33H36N2/c1-21(2)24-10-14-31-28(18-24)29-19-25(22(3)4)11-15-32(29)35(31)27-16-17-34-30(20-27)23-8-12-26(13-9-23)33(5,6)7/h8-22H,1-7H3. The molecule has 0 unspecified atom stereocenters. The highest BCUT2D eigenvalue weighted by atomic mass is 15.0. The molecule has 0 saturated carbocycles. The second-order valence-corrected chi connectivity index (χ2v) is 11.4. The van der Waals surface area contributed by atoms with Gasteiger partial charge in [0.05, 0.1) is 16.7 Å². The molecule has 0 amide bonds. The first-order valence-electron chi connectivity index (χ1n) is 12.8. The summed E-state index contributed by atoms with van der Waals surface area (Å²) in [6, 6.07) is 27.1. The van der Waals surface area contributed by atoms with Gasteiger partial charge in [-0.05, 0) is 70.3 Å². The third-order valence-corrected chi connectivity index (χ3v) is 7.19. The first-order valence-corrected chi connectivity index (χ1v) is 12.8. The van der Waals surface area contributed by atoms with E-state index in [0.717, 1.165) is 16.9 Å².